The van der Waals surface area contributed by atoms with Gasteiger partial charge in [0.15, 0.2) is 18.1 Å². The van der Waals surface area contributed by atoms with Crippen molar-refractivity contribution >= 4 is 45.5 Å². The smallest absolute Gasteiger partial charge is 0.329 e. The van der Waals surface area contributed by atoms with Gasteiger partial charge in [-0.2, -0.15) is 0 Å². The molecule has 3 aromatic carbocycles. The third-order valence-electron chi connectivity index (χ3n) is 5.46. The van der Waals surface area contributed by atoms with Gasteiger partial charge in [-0.05, 0) is 55.3 Å². The molecule has 4 amide bonds. The van der Waals surface area contributed by atoms with Gasteiger partial charge in [-0.3, -0.25) is 14.5 Å². The highest BCUT2D eigenvalue weighted by Crippen LogP contribution is 2.35. The molecule has 0 aliphatic carbocycles. The second-order valence-corrected chi connectivity index (χ2v) is 9.18. The summed E-state index contributed by atoms with van der Waals surface area (Å²) in [7, 11) is 0. The zero-order valence-electron chi connectivity index (χ0n) is 20.4. The Hall–Kier alpha value is -4.11. The van der Waals surface area contributed by atoms with Crippen molar-refractivity contribution in [2.45, 2.75) is 20.4 Å². The number of imide groups is 1. The van der Waals surface area contributed by atoms with Crippen LogP contribution in [0.4, 0.5) is 10.5 Å². The van der Waals surface area contributed by atoms with E-state index in [0.717, 1.165) is 11.1 Å². The molecule has 0 saturated carbocycles. The van der Waals surface area contributed by atoms with Crippen LogP contribution in [0.15, 0.2) is 76.9 Å². The summed E-state index contributed by atoms with van der Waals surface area (Å²) in [6.45, 7) is 4.11. The minimum Gasteiger partial charge on any atom is -0.490 e. The Morgan fingerprint density at radius 1 is 1.03 bits per heavy atom. The summed E-state index contributed by atoms with van der Waals surface area (Å²) in [6.07, 6.45) is 1.58. The van der Waals surface area contributed by atoms with Crippen molar-refractivity contribution in [2.24, 2.45) is 0 Å². The van der Waals surface area contributed by atoms with E-state index in [4.69, 9.17) is 9.47 Å². The lowest BCUT2D eigenvalue weighted by Gasteiger charge is -2.14. The van der Waals surface area contributed by atoms with Gasteiger partial charge in [0, 0.05) is 10.2 Å². The van der Waals surface area contributed by atoms with Crippen LogP contribution in [0, 0.1) is 6.92 Å². The molecule has 0 bridgehead atoms. The molecule has 1 fully saturated rings. The molecule has 1 heterocycles. The standard InChI is InChI=1S/C28H26BrN3O5/c1-3-36-24-14-20(22(29)15-25(24)37-17-26(33)30-21-10-5-4-6-11-21)13-23-27(34)32(28(35)31-23)16-19-9-7-8-18(2)12-19/h4-15H,3,16-17H2,1-2H3,(H,30,33)(H,31,35)/b23-13+. The third-order valence-corrected chi connectivity index (χ3v) is 6.15. The molecule has 2 N–H and O–H groups in total. The lowest BCUT2D eigenvalue weighted by atomic mass is 10.1. The normalized spacial score (nSPS) is 14.0. The summed E-state index contributed by atoms with van der Waals surface area (Å²) in [5.74, 6) is 0.0265. The second-order valence-electron chi connectivity index (χ2n) is 8.32. The van der Waals surface area contributed by atoms with Crippen LogP contribution in [0.2, 0.25) is 0 Å². The SMILES string of the molecule is CCOc1cc(/C=C2/NC(=O)N(Cc3cccc(C)c3)C2=O)c(Br)cc1OCC(=O)Nc1ccccc1. The topological polar surface area (TPSA) is 97.0 Å². The number of nitrogens with zero attached hydrogens (tertiary/aromatic N) is 1. The van der Waals surface area contributed by atoms with Gasteiger partial charge in [-0.25, -0.2) is 4.79 Å². The number of rotatable bonds is 9. The fourth-order valence-electron chi connectivity index (χ4n) is 3.77. The zero-order chi connectivity index (χ0) is 26.4. The molecule has 4 rings (SSSR count). The lowest BCUT2D eigenvalue weighted by molar-refractivity contribution is -0.123. The van der Waals surface area contributed by atoms with Gasteiger partial charge in [-0.1, -0.05) is 64.0 Å². The number of hydrogen-bond acceptors (Lipinski definition) is 5. The molecule has 0 radical (unpaired) electrons. The highest BCUT2D eigenvalue weighted by Gasteiger charge is 2.33. The van der Waals surface area contributed by atoms with E-state index in [1.165, 1.54) is 4.90 Å². The van der Waals surface area contributed by atoms with Crippen LogP contribution in [0.25, 0.3) is 6.08 Å². The van der Waals surface area contributed by atoms with Crippen LogP contribution < -0.4 is 20.1 Å². The van der Waals surface area contributed by atoms with Gasteiger partial charge in [0.2, 0.25) is 0 Å². The van der Waals surface area contributed by atoms with Gasteiger partial charge in [0.25, 0.3) is 11.8 Å². The lowest BCUT2D eigenvalue weighted by Crippen LogP contribution is -2.30. The highest BCUT2D eigenvalue weighted by molar-refractivity contribution is 9.10. The van der Waals surface area contributed by atoms with E-state index in [0.29, 0.717) is 33.8 Å². The quantitative estimate of drug-likeness (QED) is 0.273. The number of para-hydroxylation sites is 1. The number of nitrogens with one attached hydrogen (secondary N) is 2. The third kappa shape index (κ3) is 6.56. The Balaban J connectivity index is 1.50. The summed E-state index contributed by atoms with van der Waals surface area (Å²) in [6, 6.07) is 19.6. The van der Waals surface area contributed by atoms with Crippen LogP contribution in [0.5, 0.6) is 11.5 Å². The van der Waals surface area contributed by atoms with Gasteiger partial charge in [0.05, 0.1) is 13.2 Å². The number of anilines is 1. The average Bonchev–Trinajstić information content (AvgIpc) is 3.13. The number of halogens is 1. The van der Waals surface area contributed by atoms with E-state index in [1.54, 1.807) is 30.3 Å². The Labute approximate surface area is 223 Å². The Kier molecular flexibility index (Phi) is 8.25. The minimum atomic E-state index is -0.483. The zero-order valence-corrected chi connectivity index (χ0v) is 22.0. The maximum Gasteiger partial charge on any atom is 0.329 e. The van der Waals surface area contributed by atoms with Gasteiger partial charge in [0.1, 0.15) is 5.70 Å². The molecular formula is C28H26BrN3O5. The number of amides is 4. The first-order valence-corrected chi connectivity index (χ1v) is 12.5. The molecule has 3 aromatic rings. The average molecular weight is 564 g/mol. The molecule has 37 heavy (non-hydrogen) atoms. The van der Waals surface area contributed by atoms with E-state index in [1.807, 2.05) is 56.3 Å². The van der Waals surface area contributed by atoms with Crippen molar-refractivity contribution in [3.8, 4) is 11.5 Å². The molecule has 0 spiro atoms. The summed E-state index contributed by atoms with van der Waals surface area (Å²) in [4.78, 5) is 39.0. The number of ether oxygens (including phenoxy) is 2. The minimum absolute atomic E-state index is 0.150. The number of carbonyl (C=O) groups excluding carboxylic acids is 3. The number of aryl methyl sites for hydroxylation is 1. The molecule has 0 unspecified atom stereocenters. The largest absolute Gasteiger partial charge is 0.490 e. The molecule has 1 aliphatic heterocycles. The summed E-state index contributed by atoms with van der Waals surface area (Å²) < 4.78 is 12.0. The summed E-state index contributed by atoms with van der Waals surface area (Å²) in [5, 5.41) is 5.41. The Morgan fingerprint density at radius 3 is 2.51 bits per heavy atom. The molecule has 1 aliphatic rings. The second kappa shape index (κ2) is 11.7. The van der Waals surface area contributed by atoms with Crippen LogP contribution >= 0.6 is 15.9 Å². The van der Waals surface area contributed by atoms with Gasteiger partial charge in [-0.15, -0.1) is 0 Å². The first-order chi connectivity index (χ1) is 17.8. The molecule has 190 valence electrons. The predicted octanol–water partition coefficient (Wildman–Crippen LogP) is 5.27. The van der Waals surface area contributed by atoms with Crippen LogP contribution in [0.3, 0.4) is 0 Å². The van der Waals surface area contributed by atoms with E-state index in [-0.39, 0.29) is 24.8 Å². The molecule has 9 heteroatoms. The summed E-state index contributed by atoms with van der Waals surface area (Å²) in [5.41, 5.74) is 3.33. The highest BCUT2D eigenvalue weighted by atomic mass is 79.9. The molecular weight excluding hydrogens is 538 g/mol. The van der Waals surface area contributed by atoms with Gasteiger partial charge >= 0.3 is 6.03 Å². The molecule has 8 nitrogen and oxygen atoms in total. The van der Waals surface area contributed by atoms with Crippen molar-refractivity contribution in [1.29, 1.82) is 0 Å². The molecule has 1 saturated heterocycles. The maximum absolute atomic E-state index is 13.0. The first kappa shape index (κ1) is 26.0. The Bertz CT molecular complexity index is 1360. The molecule has 0 aromatic heterocycles. The van der Waals surface area contributed by atoms with E-state index in [2.05, 4.69) is 26.6 Å². The van der Waals surface area contributed by atoms with Crippen molar-refractivity contribution in [2.75, 3.05) is 18.5 Å². The van der Waals surface area contributed by atoms with Crippen molar-refractivity contribution in [3.05, 3.63) is 93.6 Å². The van der Waals surface area contributed by atoms with E-state index < -0.39 is 11.9 Å². The van der Waals surface area contributed by atoms with Crippen LogP contribution in [0.1, 0.15) is 23.6 Å². The fourth-order valence-corrected chi connectivity index (χ4v) is 4.21. The fraction of sp³-hybridized carbons (Fsp3) is 0.179. The van der Waals surface area contributed by atoms with Crippen LogP contribution in [-0.4, -0.2) is 36.0 Å². The number of hydrogen-bond donors (Lipinski definition) is 2. The number of urea groups is 1. The monoisotopic (exact) mass is 563 g/mol. The predicted molar refractivity (Wildman–Crippen MR) is 144 cm³/mol. The first-order valence-electron chi connectivity index (χ1n) is 11.7. The van der Waals surface area contributed by atoms with Crippen LogP contribution in [-0.2, 0) is 16.1 Å². The van der Waals surface area contributed by atoms with E-state index in [9.17, 15) is 14.4 Å². The van der Waals surface area contributed by atoms with Crippen molar-refractivity contribution < 1.29 is 23.9 Å². The summed E-state index contributed by atoms with van der Waals surface area (Å²) >= 11 is 3.49. The number of carbonyl (C=O) groups is 3. The molecule has 0 atom stereocenters. The number of benzene rings is 3. The maximum atomic E-state index is 13.0. The van der Waals surface area contributed by atoms with Gasteiger partial charge < -0.3 is 20.1 Å². The van der Waals surface area contributed by atoms with Crippen molar-refractivity contribution in [3.63, 3.8) is 0 Å². The Morgan fingerprint density at radius 2 is 1.78 bits per heavy atom. The van der Waals surface area contributed by atoms with E-state index >= 15 is 0 Å². The van der Waals surface area contributed by atoms with Crippen molar-refractivity contribution in [1.82, 2.24) is 10.2 Å².